The van der Waals surface area contributed by atoms with Crippen molar-refractivity contribution in [2.75, 3.05) is 14.2 Å². The summed E-state index contributed by atoms with van der Waals surface area (Å²) in [4.78, 5) is 7.89. The zero-order valence-corrected chi connectivity index (χ0v) is 17.5. The number of halogens is 2. The number of nitrogens with zero attached hydrogens (tertiary/aromatic N) is 2. The topological polar surface area (TPSA) is 70.9 Å². The van der Waals surface area contributed by atoms with Crippen LogP contribution in [-0.4, -0.2) is 24.2 Å². The Bertz CT molecular complexity index is 1310. The van der Waals surface area contributed by atoms with Crippen molar-refractivity contribution in [2.24, 2.45) is 0 Å². The molecule has 0 saturated carbocycles. The highest BCUT2D eigenvalue weighted by atomic mass is 35.5. The normalized spacial score (nSPS) is 10.5. The van der Waals surface area contributed by atoms with E-state index in [9.17, 15) is 4.39 Å². The molecular formula is C24H17ClFN3O2. The lowest BCUT2D eigenvalue weighted by Gasteiger charge is -2.10. The van der Waals surface area contributed by atoms with Crippen LogP contribution in [0.2, 0.25) is 5.02 Å². The van der Waals surface area contributed by atoms with Crippen LogP contribution < -0.4 is 9.47 Å². The summed E-state index contributed by atoms with van der Waals surface area (Å²) < 4.78 is 25.4. The molecule has 4 rings (SSSR count). The second-order valence-corrected chi connectivity index (χ2v) is 7.07. The molecule has 0 aliphatic heterocycles. The summed E-state index contributed by atoms with van der Waals surface area (Å²) in [6, 6.07) is 18.9. The third-order valence-electron chi connectivity index (χ3n) is 4.86. The Hall–Kier alpha value is -3.82. The van der Waals surface area contributed by atoms with E-state index in [2.05, 4.69) is 9.97 Å². The molecule has 0 saturated heterocycles. The Morgan fingerprint density at radius 1 is 0.968 bits per heavy atom. The molecule has 4 aromatic rings. The predicted octanol–water partition coefficient (Wildman–Crippen LogP) is 6.09. The SMILES string of the molecule is COc1ccc(-c2nc(-c3ccc(C#N)cc3F)[nH]c2-c2ccccc2Cl)cc1OC. The van der Waals surface area contributed by atoms with Crippen molar-refractivity contribution in [2.45, 2.75) is 0 Å². The van der Waals surface area contributed by atoms with Crippen LogP contribution in [-0.2, 0) is 0 Å². The van der Waals surface area contributed by atoms with E-state index in [0.717, 1.165) is 11.1 Å². The van der Waals surface area contributed by atoms with Crippen molar-refractivity contribution in [1.29, 1.82) is 5.26 Å². The second-order valence-electron chi connectivity index (χ2n) is 6.67. The van der Waals surface area contributed by atoms with Gasteiger partial charge in [-0.15, -0.1) is 0 Å². The number of nitriles is 1. The second kappa shape index (κ2) is 8.50. The fourth-order valence-corrected chi connectivity index (χ4v) is 3.56. The lowest BCUT2D eigenvalue weighted by Crippen LogP contribution is -1.92. The predicted molar refractivity (Wildman–Crippen MR) is 118 cm³/mol. The number of nitrogens with one attached hydrogen (secondary N) is 1. The monoisotopic (exact) mass is 433 g/mol. The van der Waals surface area contributed by atoms with E-state index in [4.69, 9.17) is 26.3 Å². The first kappa shape index (κ1) is 20.5. The molecule has 0 aliphatic carbocycles. The van der Waals surface area contributed by atoms with Gasteiger partial charge in [-0.25, -0.2) is 9.37 Å². The summed E-state index contributed by atoms with van der Waals surface area (Å²) in [6.07, 6.45) is 0. The summed E-state index contributed by atoms with van der Waals surface area (Å²) in [5, 5.41) is 9.54. The third-order valence-corrected chi connectivity index (χ3v) is 5.19. The molecule has 1 N–H and O–H groups in total. The fraction of sp³-hybridized carbons (Fsp3) is 0.0833. The molecule has 154 valence electrons. The Kier molecular flexibility index (Phi) is 5.61. The number of H-pyrrole nitrogens is 1. The van der Waals surface area contributed by atoms with Crippen molar-refractivity contribution in [1.82, 2.24) is 9.97 Å². The van der Waals surface area contributed by atoms with Crippen molar-refractivity contribution in [3.63, 3.8) is 0 Å². The van der Waals surface area contributed by atoms with Gasteiger partial charge in [0.1, 0.15) is 11.6 Å². The minimum absolute atomic E-state index is 0.235. The summed E-state index contributed by atoms with van der Waals surface area (Å²) in [6.45, 7) is 0. The summed E-state index contributed by atoms with van der Waals surface area (Å²) in [7, 11) is 3.12. The van der Waals surface area contributed by atoms with Crippen LogP contribution in [0.5, 0.6) is 11.5 Å². The van der Waals surface area contributed by atoms with Gasteiger partial charge >= 0.3 is 0 Å². The number of aromatic amines is 1. The van der Waals surface area contributed by atoms with Crippen molar-refractivity contribution in [3.8, 4) is 51.5 Å². The summed E-state index contributed by atoms with van der Waals surface area (Å²) >= 11 is 6.45. The maximum Gasteiger partial charge on any atom is 0.161 e. The fourth-order valence-electron chi connectivity index (χ4n) is 3.33. The Balaban J connectivity index is 1.94. The largest absolute Gasteiger partial charge is 0.493 e. The molecular weight excluding hydrogens is 417 g/mol. The van der Waals surface area contributed by atoms with Crippen molar-refractivity contribution in [3.05, 3.63) is 77.1 Å². The number of methoxy groups -OCH3 is 2. The van der Waals surface area contributed by atoms with E-state index < -0.39 is 5.82 Å². The van der Waals surface area contributed by atoms with Gasteiger partial charge in [-0.1, -0.05) is 29.8 Å². The molecule has 31 heavy (non-hydrogen) atoms. The van der Waals surface area contributed by atoms with Gasteiger partial charge < -0.3 is 14.5 Å². The molecule has 0 atom stereocenters. The molecule has 1 heterocycles. The average molecular weight is 434 g/mol. The van der Waals surface area contributed by atoms with E-state index in [1.54, 1.807) is 38.5 Å². The van der Waals surface area contributed by atoms with Gasteiger partial charge in [0.2, 0.25) is 0 Å². The Labute approximate surface area is 183 Å². The zero-order valence-electron chi connectivity index (χ0n) is 16.7. The number of ether oxygens (including phenoxy) is 2. The van der Waals surface area contributed by atoms with Crippen LogP contribution in [0.25, 0.3) is 33.9 Å². The molecule has 7 heteroatoms. The number of hydrogen-bond donors (Lipinski definition) is 1. The van der Waals surface area contributed by atoms with E-state index >= 15 is 0 Å². The standard InChI is InChI=1S/C24H17ClFN3O2/c1-30-20-10-8-15(12-21(20)31-2)22-23(16-5-3-4-6-18(16)25)29-24(28-22)17-9-7-14(13-27)11-19(17)26/h3-12H,1-2H3,(H,28,29). The molecule has 0 bridgehead atoms. The van der Waals surface area contributed by atoms with Crippen molar-refractivity contribution < 1.29 is 13.9 Å². The van der Waals surface area contributed by atoms with Crippen LogP contribution in [0.3, 0.4) is 0 Å². The minimum Gasteiger partial charge on any atom is -0.493 e. The van der Waals surface area contributed by atoms with Gasteiger partial charge in [0.05, 0.1) is 42.8 Å². The molecule has 0 aliphatic rings. The Morgan fingerprint density at radius 2 is 1.74 bits per heavy atom. The molecule has 0 spiro atoms. The molecule has 5 nitrogen and oxygen atoms in total. The van der Waals surface area contributed by atoms with Gasteiger partial charge in [0.25, 0.3) is 0 Å². The number of hydrogen-bond acceptors (Lipinski definition) is 4. The van der Waals surface area contributed by atoms with Crippen LogP contribution in [0.4, 0.5) is 4.39 Å². The van der Waals surface area contributed by atoms with Gasteiger partial charge in [-0.2, -0.15) is 5.26 Å². The van der Waals surface area contributed by atoms with E-state index in [1.165, 1.54) is 12.1 Å². The maximum atomic E-state index is 14.7. The smallest absolute Gasteiger partial charge is 0.161 e. The lowest BCUT2D eigenvalue weighted by atomic mass is 10.0. The van der Waals surface area contributed by atoms with Gasteiger partial charge in [-0.3, -0.25) is 0 Å². The molecule has 1 aromatic heterocycles. The first-order valence-corrected chi connectivity index (χ1v) is 9.70. The van der Waals surface area contributed by atoms with Crippen LogP contribution in [0.15, 0.2) is 60.7 Å². The van der Waals surface area contributed by atoms with Crippen LogP contribution >= 0.6 is 11.6 Å². The number of aromatic nitrogens is 2. The van der Waals surface area contributed by atoms with E-state index in [-0.39, 0.29) is 11.1 Å². The highest BCUT2D eigenvalue weighted by Crippen LogP contribution is 2.39. The number of imidazole rings is 1. The van der Waals surface area contributed by atoms with E-state index in [1.807, 2.05) is 30.3 Å². The zero-order chi connectivity index (χ0) is 22.0. The lowest BCUT2D eigenvalue weighted by molar-refractivity contribution is 0.355. The summed E-state index contributed by atoms with van der Waals surface area (Å²) in [5.74, 6) is 0.901. The molecule has 3 aromatic carbocycles. The summed E-state index contributed by atoms with van der Waals surface area (Å²) in [5.41, 5.74) is 3.16. The molecule has 0 unspecified atom stereocenters. The molecule has 0 radical (unpaired) electrons. The third kappa shape index (κ3) is 3.83. The average Bonchev–Trinajstić information content (AvgIpc) is 3.23. The van der Waals surface area contributed by atoms with Crippen LogP contribution in [0.1, 0.15) is 5.56 Å². The first-order chi connectivity index (χ1) is 15.0. The quantitative estimate of drug-likeness (QED) is 0.413. The highest BCUT2D eigenvalue weighted by Gasteiger charge is 2.20. The number of rotatable bonds is 5. The maximum absolute atomic E-state index is 14.7. The van der Waals surface area contributed by atoms with Gasteiger partial charge in [-0.05, 0) is 42.5 Å². The van der Waals surface area contributed by atoms with Crippen LogP contribution in [0, 0.1) is 17.1 Å². The first-order valence-electron chi connectivity index (χ1n) is 9.33. The van der Waals surface area contributed by atoms with E-state index in [0.29, 0.717) is 33.7 Å². The Morgan fingerprint density at radius 3 is 2.42 bits per heavy atom. The molecule has 0 fully saturated rings. The van der Waals surface area contributed by atoms with Crippen molar-refractivity contribution >= 4 is 11.6 Å². The van der Waals surface area contributed by atoms with Gasteiger partial charge in [0, 0.05) is 16.1 Å². The minimum atomic E-state index is -0.544. The number of benzene rings is 3. The highest BCUT2D eigenvalue weighted by molar-refractivity contribution is 6.33. The van der Waals surface area contributed by atoms with Gasteiger partial charge in [0.15, 0.2) is 11.5 Å². The molecule has 0 amide bonds.